The van der Waals surface area contributed by atoms with Crippen LogP contribution in [0.1, 0.15) is 5.76 Å². The van der Waals surface area contributed by atoms with Gasteiger partial charge >= 0.3 is 0 Å². The van der Waals surface area contributed by atoms with Crippen molar-refractivity contribution in [3.63, 3.8) is 0 Å². The monoisotopic (exact) mass is 335 g/mol. The number of hydrogen-bond donors (Lipinski definition) is 0. The molecule has 0 spiro atoms. The lowest BCUT2D eigenvalue weighted by Gasteiger charge is -2.26. The fourth-order valence-corrected chi connectivity index (χ4v) is 2.41. The van der Waals surface area contributed by atoms with Gasteiger partial charge in [-0.25, -0.2) is 0 Å². The SMILES string of the molecule is O=[N+]([O-])c1cc(N=Cc2ccc(N3CCOCC3)o2)ccc1Cl. The van der Waals surface area contributed by atoms with Gasteiger partial charge in [0, 0.05) is 25.2 Å². The molecule has 120 valence electrons. The summed E-state index contributed by atoms with van der Waals surface area (Å²) in [6, 6.07) is 8.06. The van der Waals surface area contributed by atoms with Gasteiger partial charge in [-0.2, -0.15) is 0 Å². The van der Waals surface area contributed by atoms with E-state index in [4.69, 9.17) is 20.8 Å². The number of rotatable bonds is 4. The molecule has 7 nitrogen and oxygen atoms in total. The van der Waals surface area contributed by atoms with Crippen LogP contribution in [0.4, 0.5) is 17.3 Å². The lowest BCUT2D eigenvalue weighted by atomic mass is 10.3. The number of morpholine rings is 1. The maximum Gasteiger partial charge on any atom is 0.290 e. The molecule has 3 rings (SSSR count). The molecule has 0 unspecified atom stereocenters. The average molecular weight is 336 g/mol. The number of anilines is 1. The van der Waals surface area contributed by atoms with Crippen molar-refractivity contribution in [3.05, 3.63) is 51.2 Å². The van der Waals surface area contributed by atoms with E-state index >= 15 is 0 Å². The molecule has 2 heterocycles. The van der Waals surface area contributed by atoms with Crippen molar-refractivity contribution in [2.24, 2.45) is 4.99 Å². The Bertz CT molecular complexity index is 738. The minimum atomic E-state index is -0.537. The van der Waals surface area contributed by atoms with Crippen LogP contribution in [0.2, 0.25) is 5.02 Å². The molecular formula is C15H14ClN3O4. The van der Waals surface area contributed by atoms with Crippen LogP contribution >= 0.6 is 11.6 Å². The molecule has 2 aromatic rings. The molecule has 0 amide bonds. The maximum atomic E-state index is 10.9. The number of aliphatic imine (C=N–C) groups is 1. The first-order chi connectivity index (χ1) is 11.1. The zero-order chi connectivity index (χ0) is 16.2. The summed E-state index contributed by atoms with van der Waals surface area (Å²) in [4.78, 5) is 16.6. The summed E-state index contributed by atoms with van der Waals surface area (Å²) in [6.07, 6.45) is 1.52. The summed E-state index contributed by atoms with van der Waals surface area (Å²) in [5.41, 5.74) is 0.264. The predicted molar refractivity (Wildman–Crippen MR) is 87.1 cm³/mol. The van der Waals surface area contributed by atoms with E-state index in [-0.39, 0.29) is 10.7 Å². The maximum absolute atomic E-state index is 10.9. The second-order valence-corrected chi connectivity index (χ2v) is 5.33. The van der Waals surface area contributed by atoms with Crippen LogP contribution in [0.5, 0.6) is 0 Å². The molecule has 0 N–H and O–H groups in total. The number of nitro groups is 1. The molecule has 8 heteroatoms. The van der Waals surface area contributed by atoms with Crippen LogP contribution in [-0.2, 0) is 4.74 Å². The number of nitrogens with zero attached hydrogens (tertiary/aromatic N) is 3. The van der Waals surface area contributed by atoms with E-state index in [1.807, 2.05) is 6.07 Å². The second-order valence-electron chi connectivity index (χ2n) is 4.93. The van der Waals surface area contributed by atoms with Gasteiger partial charge in [-0.3, -0.25) is 15.1 Å². The highest BCUT2D eigenvalue weighted by Gasteiger charge is 2.14. The molecule has 1 fully saturated rings. The first-order valence-corrected chi connectivity index (χ1v) is 7.42. The smallest absolute Gasteiger partial charge is 0.290 e. The highest BCUT2D eigenvalue weighted by molar-refractivity contribution is 6.32. The Labute approximate surface area is 137 Å². The average Bonchev–Trinajstić information content (AvgIpc) is 3.03. The van der Waals surface area contributed by atoms with Crippen molar-refractivity contribution >= 4 is 35.1 Å². The zero-order valence-corrected chi connectivity index (χ0v) is 12.9. The van der Waals surface area contributed by atoms with Gasteiger partial charge in [0.25, 0.3) is 5.69 Å². The fraction of sp³-hybridized carbons (Fsp3) is 0.267. The van der Waals surface area contributed by atoms with Crippen LogP contribution in [-0.4, -0.2) is 37.4 Å². The third-order valence-electron chi connectivity index (χ3n) is 3.40. The first-order valence-electron chi connectivity index (χ1n) is 7.04. The quantitative estimate of drug-likeness (QED) is 0.485. The minimum absolute atomic E-state index is 0.0848. The lowest BCUT2D eigenvalue weighted by molar-refractivity contribution is -0.384. The van der Waals surface area contributed by atoms with Gasteiger partial charge in [-0.15, -0.1) is 0 Å². The van der Waals surface area contributed by atoms with Gasteiger partial charge in [-0.1, -0.05) is 11.6 Å². The van der Waals surface area contributed by atoms with Gasteiger partial charge in [0.1, 0.15) is 10.8 Å². The van der Waals surface area contributed by atoms with Crippen LogP contribution in [0.15, 0.2) is 39.7 Å². The predicted octanol–water partition coefficient (Wildman–Crippen LogP) is 3.43. The molecule has 1 saturated heterocycles. The Balaban J connectivity index is 1.74. The standard InChI is InChI=1S/C15H14ClN3O4/c16-13-3-1-11(9-14(13)19(20)21)17-10-12-2-4-15(23-12)18-5-7-22-8-6-18/h1-4,9-10H,5-8H2. The molecule has 0 bridgehead atoms. The number of halogens is 1. The number of furan rings is 1. The number of nitro benzene ring substituents is 1. The van der Waals surface area contributed by atoms with Crippen molar-refractivity contribution in [2.75, 3.05) is 31.2 Å². The van der Waals surface area contributed by atoms with E-state index < -0.39 is 4.92 Å². The summed E-state index contributed by atoms with van der Waals surface area (Å²) < 4.78 is 11.0. The van der Waals surface area contributed by atoms with Gasteiger partial charge in [0.15, 0.2) is 5.88 Å². The summed E-state index contributed by atoms with van der Waals surface area (Å²) in [6.45, 7) is 2.93. The van der Waals surface area contributed by atoms with Gasteiger partial charge in [0.2, 0.25) is 0 Å². The Kier molecular flexibility index (Phi) is 4.59. The number of benzene rings is 1. The fourth-order valence-electron chi connectivity index (χ4n) is 2.22. The van der Waals surface area contributed by atoms with Crippen LogP contribution in [0.3, 0.4) is 0 Å². The molecule has 0 atom stereocenters. The van der Waals surface area contributed by atoms with Gasteiger partial charge in [0.05, 0.1) is 30.0 Å². The van der Waals surface area contributed by atoms with Crippen molar-refractivity contribution in [1.29, 1.82) is 0 Å². The Hall–Kier alpha value is -2.38. The molecular weight excluding hydrogens is 322 g/mol. The minimum Gasteiger partial charge on any atom is -0.440 e. The Morgan fingerprint density at radius 2 is 2.04 bits per heavy atom. The molecule has 0 radical (unpaired) electrons. The molecule has 1 aliphatic rings. The van der Waals surface area contributed by atoms with Crippen LogP contribution in [0, 0.1) is 10.1 Å². The van der Waals surface area contributed by atoms with Gasteiger partial charge < -0.3 is 14.1 Å². The normalized spacial score (nSPS) is 15.3. The molecule has 0 saturated carbocycles. The number of ether oxygens (including phenoxy) is 1. The third kappa shape index (κ3) is 3.69. The van der Waals surface area contributed by atoms with E-state index in [2.05, 4.69) is 9.89 Å². The summed E-state index contributed by atoms with van der Waals surface area (Å²) >= 11 is 5.77. The van der Waals surface area contributed by atoms with E-state index in [0.29, 0.717) is 24.7 Å². The third-order valence-corrected chi connectivity index (χ3v) is 3.72. The van der Waals surface area contributed by atoms with Crippen molar-refractivity contribution in [3.8, 4) is 0 Å². The highest BCUT2D eigenvalue weighted by atomic mass is 35.5. The summed E-state index contributed by atoms with van der Waals surface area (Å²) in [7, 11) is 0. The molecule has 23 heavy (non-hydrogen) atoms. The van der Waals surface area contributed by atoms with E-state index in [9.17, 15) is 10.1 Å². The molecule has 1 aromatic carbocycles. The van der Waals surface area contributed by atoms with Crippen molar-refractivity contribution < 1.29 is 14.1 Å². The van der Waals surface area contributed by atoms with Crippen LogP contribution < -0.4 is 4.90 Å². The second kappa shape index (κ2) is 6.80. The Morgan fingerprint density at radius 3 is 2.78 bits per heavy atom. The summed E-state index contributed by atoms with van der Waals surface area (Å²) in [5.74, 6) is 1.33. The van der Waals surface area contributed by atoms with Crippen molar-refractivity contribution in [1.82, 2.24) is 0 Å². The first kappa shape index (κ1) is 15.5. The van der Waals surface area contributed by atoms with Crippen molar-refractivity contribution in [2.45, 2.75) is 0 Å². The van der Waals surface area contributed by atoms with Crippen LogP contribution in [0.25, 0.3) is 0 Å². The molecule has 1 aromatic heterocycles. The lowest BCUT2D eigenvalue weighted by Crippen LogP contribution is -2.35. The van der Waals surface area contributed by atoms with E-state index in [0.717, 1.165) is 19.0 Å². The van der Waals surface area contributed by atoms with E-state index in [1.165, 1.54) is 18.3 Å². The zero-order valence-electron chi connectivity index (χ0n) is 12.1. The Morgan fingerprint density at radius 1 is 1.26 bits per heavy atom. The largest absolute Gasteiger partial charge is 0.440 e. The van der Waals surface area contributed by atoms with E-state index in [1.54, 1.807) is 12.1 Å². The highest BCUT2D eigenvalue weighted by Crippen LogP contribution is 2.28. The van der Waals surface area contributed by atoms with Gasteiger partial charge in [-0.05, 0) is 18.2 Å². The topological polar surface area (TPSA) is 81.1 Å². The molecule has 1 aliphatic heterocycles. The number of hydrogen-bond acceptors (Lipinski definition) is 6. The summed E-state index contributed by atoms with van der Waals surface area (Å²) in [5, 5.41) is 10.9. The molecule has 0 aliphatic carbocycles.